The van der Waals surface area contributed by atoms with Gasteiger partial charge in [-0.1, -0.05) is 18.2 Å². The van der Waals surface area contributed by atoms with Crippen LogP contribution in [0.3, 0.4) is 0 Å². The highest BCUT2D eigenvalue weighted by Gasteiger charge is 2.27. The molecule has 6 nitrogen and oxygen atoms in total. The first-order chi connectivity index (χ1) is 11.2. The van der Waals surface area contributed by atoms with E-state index in [0.717, 1.165) is 31.7 Å². The van der Waals surface area contributed by atoms with Crippen molar-refractivity contribution >= 4 is 29.9 Å². The van der Waals surface area contributed by atoms with Crippen LogP contribution >= 0.6 is 12.4 Å². The molecule has 0 unspecified atom stereocenters. The van der Waals surface area contributed by atoms with E-state index in [2.05, 4.69) is 11.0 Å². The van der Waals surface area contributed by atoms with Crippen LogP contribution in [0.4, 0.5) is 5.69 Å². The smallest absolute Gasteiger partial charge is 0.241 e. The highest BCUT2D eigenvalue weighted by Crippen LogP contribution is 2.27. The third-order valence-corrected chi connectivity index (χ3v) is 4.63. The molecule has 2 N–H and O–H groups in total. The Kier molecular flexibility index (Phi) is 6.60. The highest BCUT2D eigenvalue weighted by molar-refractivity contribution is 5.96. The molecule has 132 valence electrons. The number of hydrogen-bond acceptors (Lipinski definition) is 4. The number of nitrogens with two attached hydrogens (primary N) is 1. The van der Waals surface area contributed by atoms with Gasteiger partial charge in [0.05, 0.1) is 6.54 Å². The van der Waals surface area contributed by atoms with Crippen molar-refractivity contribution in [2.75, 3.05) is 50.7 Å². The Morgan fingerprint density at radius 3 is 2.42 bits per heavy atom. The van der Waals surface area contributed by atoms with Gasteiger partial charge in [-0.25, -0.2) is 0 Å². The van der Waals surface area contributed by atoms with E-state index in [1.165, 1.54) is 5.56 Å². The number of rotatable bonds is 4. The molecule has 0 saturated carbocycles. The van der Waals surface area contributed by atoms with Gasteiger partial charge in [0, 0.05) is 51.4 Å². The molecule has 1 saturated heterocycles. The van der Waals surface area contributed by atoms with Crippen molar-refractivity contribution in [2.45, 2.75) is 12.8 Å². The van der Waals surface area contributed by atoms with Crippen LogP contribution < -0.4 is 10.6 Å². The topological polar surface area (TPSA) is 69.9 Å². The van der Waals surface area contributed by atoms with Gasteiger partial charge >= 0.3 is 0 Å². The van der Waals surface area contributed by atoms with Crippen LogP contribution in [0.1, 0.15) is 12.0 Å². The summed E-state index contributed by atoms with van der Waals surface area (Å²) >= 11 is 0. The van der Waals surface area contributed by atoms with Crippen molar-refractivity contribution in [1.29, 1.82) is 0 Å². The van der Waals surface area contributed by atoms with E-state index in [0.29, 0.717) is 32.6 Å². The molecular formula is C17H25ClN4O2. The fraction of sp³-hybridized carbons (Fsp3) is 0.529. The summed E-state index contributed by atoms with van der Waals surface area (Å²) in [5, 5.41) is 0. The van der Waals surface area contributed by atoms with Gasteiger partial charge in [-0.15, -0.1) is 12.4 Å². The molecule has 2 amide bonds. The summed E-state index contributed by atoms with van der Waals surface area (Å²) < 4.78 is 0. The maximum absolute atomic E-state index is 12.6. The molecular weight excluding hydrogens is 328 g/mol. The number of piperazine rings is 1. The lowest BCUT2D eigenvalue weighted by molar-refractivity contribution is -0.132. The van der Waals surface area contributed by atoms with E-state index >= 15 is 0 Å². The van der Waals surface area contributed by atoms with Crippen molar-refractivity contribution in [3.05, 3.63) is 29.8 Å². The second kappa shape index (κ2) is 8.46. The Hall–Kier alpha value is -1.63. The van der Waals surface area contributed by atoms with Crippen LogP contribution in [-0.2, 0) is 16.0 Å². The van der Waals surface area contributed by atoms with Crippen molar-refractivity contribution in [3.8, 4) is 0 Å². The third-order valence-electron chi connectivity index (χ3n) is 4.63. The number of hydrogen-bond donors (Lipinski definition) is 1. The predicted octanol–water partition coefficient (Wildman–Crippen LogP) is 0.491. The molecule has 0 aromatic heterocycles. The average Bonchev–Trinajstić information content (AvgIpc) is 3.00. The molecule has 0 bridgehead atoms. The van der Waals surface area contributed by atoms with E-state index in [-0.39, 0.29) is 24.2 Å². The first-order valence-electron chi connectivity index (χ1n) is 8.27. The van der Waals surface area contributed by atoms with Gasteiger partial charge in [-0.05, 0) is 18.1 Å². The van der Waals surface area contributed by atoms with E-state index in [1.54, 1.807) is 0 Å². The molecule has 2 aliphatic rings. The minimum Gasteiger partial charge on any atom is -0.340 e. The van der Waals surface area contributed by atoms with Crippen LogP contribution in [-0.4, -0.2) is 67.4 Å². The van der Waals surface area contributed by atoms with E-state index in [1.807, 2.05) is 28.0 Å². The molecule has 1 aromatic rings. The second-order valence-electron chi connectivity index (χ2n) is 6.12. The molecule has 0 atom stereocenters. The van der Waals surface area contributed by atoms with Gasteiger partial charge in [0.25, 0.3) is 0 Å². The predicted molar refractivity (Wildman–Crippen MR) is 96.4 cm³/mol. The number of amides is 2. The zero-order valence-electron chi connectivity index (χ0n) is 13.8. The number of carbonyl (C=O) groups is 2. The minimum atomic E-state index is 0. The molecule has 2 aliphatic heterocycles. The van der Waals surface area contributed by atoms with Gasteiger partial charge in [0.1, 0.15) is 0 Å². The van der Waals surface area contributed by atoms with Crippen LogP contribution in [0.25, 0.3) is 0 Å². The summed E-state index contributed by atoms with van der Waals surface area (Å²) in [5.74, 6) is 0.267. The fourth-order valence-electron chi connectivity index (χ4n) is 3.31. The Morgan fingerprint density at radius 1 is 1.00 bits per heavy atom. The lowest BCUT2D eigenvalue weighted by atomic mass is 10.2. The highest BCUT2D eigenvalue weighted by atomic mass is 35.5. The molecule has 1 fully saturated rings. The van der Waals surface area contributed by atoms with E-state index in [4.69, 9.17) is 5.73 Å². The SMILES string of the molecule is Cl.NCCC(=O)N1CCN(CC(=O)N2CCc3ccccc32)CC1. The first kappa shape index (κ1) is 18.7. The van der Waals surface area contributed by atoms with Crippen molar-refractivity contribution in [1.82, 2.24) is 9.80 Å². The molecule has 1 aromatic carbocycles. The lowest BCUT2D eigenvalue weighted by Gasteiger charge is -2.35. The summed E-state index contributed by atoms with van der Waals surface area (Å²) in [4.78, 5) is 30.3. The first-order valence-corrected chi connectivity index (χ1v) is 8.27. The summed E-state index contributed by atoms with van der Waals surface area (Å²) in [6.45, 7) is 4.45. The molecule has 3 rings (SSSR count). The van der Waals surface area contributed by atoms with Gasteiger partial charge in [0.15, 0.2) is 0 Å². The molecule has 24 heavy (non-hydrogen) atoms. The van der Waals surface area contributed by atoms with E-state index < -0.39 is 0 Å². The number of fused-ring (bicyclic) bond motifs is 1. The number of para-hydroxylation sites is 1. The Labute approximate surface area is 149 Å². The fourth-order valence-corrected chi connectivity index (χ4v) is 3.31. The molecule has 0 radical (unpaired) electrons. The average molecular weight is 353 g/mol. The van der Waals surface area contributed by atoms with Gasteiger partial charge in [-0.2, -0.15) is 0 Å². The van der Waals surface area contributed by atoms with Crippen LogP contribution in [0.2, 0.25) is 0 Å². The van der Waals surface area contributed by atoms with Crippen LogP contribution in [0.5, 0.6) is 0 Å². The molecule has 7 heteroatoms. The largest absolute Gasteiger partial charge is 0.340 e. The van der Waals surface area contributed by atoms with Crippen molar-refractivity contribution < 1.29 is 9.59 Å². The number of halogens is 1. The van der Waals surface area contributed by atoms with Crippen molar-refractivity contribution in [3.63, 3.8) is 0 Å². The van der Waals surface area contributed by atoms with E-state index in [9.17, 15) is 9.59 Å². The zero-order chi connectivity index (χ0) is 16.2. The number of benzene rings is 1. The summed E-state index contributed by atoms with van der Waals surface area (Å²) in [5.41, 5.74) is 7.73. The maximum atomic E-state index is 12.6. The molecule has 0 aliphatic carbocycles. The number of anilines is 1. The lowest BCUT2D eigenvalue weighted by Crippen LogP contribution is -2.51. The minimum absolute atomic E-state index is 0. The standard InChI is InChI=1S/C17H24N4O2.ClH/c18-7-5-16(22)20-11-9-19(10-12-20)13-17(23)21-8-6-14-3-1-2-4-15(14)21;/h1-4H,5-13,18H2;1H. The van der Waals surface area contributed by atoms with Gasteiger partial charge < -0.3 is 15.5 Å². The Bertz CT molecular complexity index is 588. The van der Waals surface area contributed by atoms with Crippen LogP contribution in [0.15, 0.2) is 24.3 Å². The van der Waals surface area contributed by atoms with Crippen LogP contribution in [0, 0.1) is 0 Å². The summed E-state index contributed by atoms with van der Waals surface area (Å²) in [7, 11) is 0. The quantitative estimate of drug-likeness (QED) is 0.856. The van der Waals surface area contributed by atoms with Gasteiger partial charge in [0.2, 0.25) is 11.8 Å². The number of carbonyl (C=O) groups excluding carboxylic acids is 2. The maximum Gasteiger partial charge on any atom is 0.241 e. The Balaban J connectivity index is 0.00000208. The normalized spacial score (nSPS) is 17.4. The monoisotopic (exact) mass is 352 g/mol. The van der Waals surface area contributed by atoms with Crippen molar-refractivity contribution in [2.24, 2.45) is 5.73 Å². The summed E-state index contributed by atoms with van der Waals surface area (Å²) in [6, 6.07) is 8.10. The summed E-state index contributed by atoms with van der Waals surface area (Å²) in [6.07, 6.45) is 1.34. The third kappa shape index (κ3) is 4.06. The Morgan fingerprint density at radius 2 is 1.71 bits per heavy atom. The second-order valence-corrected chi connectivity index (χ2v) is 6.12. The zero-order valence-corrected chi connectivity index (χ0v) is 14.6. The van der Waals surface area contributed by atoms with Gasteiger partial charge in [-0.3, -0.25) is 14.5 Å². The molecule has 2 heterocycles. The molecule has 0 spiro atoms. The number of nitrogens with zero attached hydrogens (tertiary/aromatic N) is 3.